The van der Waals surface area contributed by atoms with Crippen LogP contribution in [0, 0.1) is 0 Å². The number of nitrogens with zero attached hydrogens (tertiary/aromatic N) is 3. The van der Waals surface area contributed by atoms with Crippen LogP contribution in [-0.2, 0) is 30.0 Å². The Morgan fingerprint density at radius 1 is 1.23 bits per heavy atom. The van der Waals surface area contributed by atoms with E-state index in [1.807, 2.05) is 0 Å². The second-order valence-electron chi connectivity index (χ2n) is 8.47. The molecule has 208 valence electrons. The molecule has 3 heterocycles. The molecule has 3 aromatic rings. The van der Waals surface area contributed by atoms with Gasteiger partial charge in [0, 0.05) is 18.6 Å². The first-order chi connectivity index (χ1) is 18.6. The lowest BCUT2D eigenvalue weighted by Gasteiger charge is -2.24. The van der Waals surface area contributed by atoms with Gasteiger partial charge in [0.15, 0.2) is 6.10 Å². The van der Waals surface area contributed by atoms with E-state index in [4.69, 9.17) is 18.5 Å². The van der Waals surface area contributed by atoms with Crippen molar-refractivity contribution in [1.82, 2.24) is 19.6 Å². The van der Waals surface area contributed by atoms with Gasteiger partial charge in [-0.15, -0.1) is 0 Å². The van der Waals surface area contributed by atoms with Gasteiger partial charge in [0.25, 0.3) is 0 Å². The van der Waals surface area contributed by atoms with Crippen molar-refractivity contribution in [3.8, 4) is 5.75 Å². The molecule has 0 aliphatic carbocycles. The summed E-state index contributed by atoms with van der Waals surface area (Å²) in [6.45, 7) is 0.432. The molecule has 15 heteroatoms. The summed E-state index contributed by atoms with van der Waals surface area (Å²) in [4.78, 5) is 31.8. The molecule has 1 saturated heterocycles. The van der Waals surface area contributed by atoms with Gasteiger partial charge < -0.3 is 19.1 Å². The van der Waals surface area contributed by atoms with Crippen LogP contribution in [0.5, 0.6) is 5.75 Å². The minimum Gasteiger partial charge on any atom is -0.460 e. The largest absolute Gasteiger partial charge is 0.460 e. The summed E-state index contributed by atoms with van der Waals surface area (Å²) in [6.07, 6.45) is -1.56. The number of pyridine rings is 1. The highest BCUT2D eigenvalue weighted by atomic mass is 31.2. The average Bonchev–Trinajstić information content (AvgIpc) is 3.15. The predicted octanol–water partition coefficient (Wildman–Crippen LogP) is 2.46. The Kier molecular flexibility index (Phi) is 8.83. The number of nitrogens with one attached hydrogen (secondary N) is 1. The predicted molar refractivity (Wildman–Crippen MR) is 131 cm³/mol. The van der Waals surface area contributed by atoms with Crippen molar-refractivity contribution >= 4 is 13.7 Å². The lowest BCUT2D eigenvalue weighted by atomic mass is 10.1. The second kappa shape index (κ2) is 12.1. The highest BCUT2D eigenvalue weighted by Crippen LogP contribution is 2.47. The number of rotatable bonds is 11. The Labute approximate surface area is 221 Å². The SMILES string of the molecule is CC(NP(=O)(OC[C@H]1O[C@@H](n2cccnc2=O)C(F)(F)[C@@H]1O)Oc1cccnc1)C(=O)OCc1ccccc1. The van der Waals surface area contributed by atoms with E-state index in [2.05, 4.69) is 15.1 Å². The van der Waals surface area contributed by atoms with Crippen LogP contribution in [0.4, 0.5) is 8.78 Å². The van der Waals surface area contributed by atoms with Crippen molar-refractivity contribution in [1.29, 1.82) is 0 Å². The van der Waals surface area contributed by atoms with Crippen molar-refractivity contribution in [2.45, 2.75) is 43.9 Å². The number of carbonyl (C=O) groups excluding carboxylic acids is 1. The first-order valence-electron chi connectivity index (χ1n) is 11.7. The summed E-state index contributed by atoms with van der Waals surface area (Å²) >= 11 is 0. The van der Waals surface area contributed by atoms with Crippen molar-refractivity contribution in [3.05, 3.63) is 89.4 Å². The third-order valence-electron chi connectivity index (χ3n) is 5.57. The van der Waals surface area contributed by atoms with Gasteiger partial charge in [-0.1, -0.05) is 30.3 Å². The summed E-state index contributed by atoms with van der Waals surface area (Å²) < 4.78 is 65.0. The fourth-order valence-corrected chi connectivity index (χ4v) is 5.09. The molecule has 0 spiro atoms. The molecule has 0 radical (unpaired) electrons. The monoisotopic (exact) mass is 566 g/mol. The van der Waals surface area contributed by atoms with Gasteiger partial charge in [-0.2, -0.15) is 13.9 Å². The summed E-state index contributed by atoms with van der Waals surface area (Å²) in [5, 5.41) is 12.7. The van der Waals surface area contributed by atoms with Crippen LogP contribution in [0.25, 0.3) is 0 Å². The quantitative estimate of drug-likeness (QED) is 0.260. The molecule has 2 N–H and O–H groups in total. The molecule has 5 atom stereocenters. The molecule has 1 aromatic carbocycles. The number of aliphatic hydroxyl groups excluding tert-OH is 1. The zero-order valence-corrected chi connectivity index (χ0v) is 21.4. The van der Waals surface area contributed by atoms with E-state index in [0.717, 1.165) is 18.0 Å². The van der Waals surface area contributed by atoms with Gasteiger partial charge in [-0.3, -0.25) is 18.9 Å². The minimum absolute atomic E-state index is 0.0174. The first kappa shape index (κ1) is 28.5. The van der Waals surface area contributed by atoms with Crippen LogP contribution in [-0.4, -0.2) is 56.4 Å². The number of benzene rings is 1. The number of esters is 1. The summed E-state index contributed by atoms with van der Waals surface area (Å²) in [5.41, 5.74) is -0.300. The lowest BCUT2D eigenvalue weighted by Crippen LogP contribution is -2.42. The Morgan fingerprint density at radius 2 is 2.00 bits per heavy atom. The zero-order chi connectivity index (χ0) is 28.0. The number of hydrogen-bond acceptors (Lipinski definition) is 10. The van der Waals surface area contributed by atoms with E-state index >= 15 is 0 Å². The molecular formula is C24H25F2N4O8P. The molecule has 1 aliphatic heterocycles. The van der Waals surface area contributed by atoms with Crippen LogP contribution >= 0.6 is 7.75 Å². The van der Waals surface area contributed by atoms with E-state index < -0.39 is 56.4 Å². The maximum Gasteiger partial charge on any atom is 0.459 e. The highest BCUT2D eigenvalue weighted by Gasteiger charge is 2.60. The smallest absolute Gasteiger partial charge is 0.459 e. The second-order valence-corrected chi connectivity index (χ2v) is 10.2. The molecule has 2 unspecified atom stereocenters. The number of aliphatic hydroxyl groups is 1. The van der Waals surface area contributed by atoms with E-state index in [1.165, 1.54) is 37.5 Å². The Balaban J connectivity index is 1.47. The highest BCUT2D eigenvalue weighted by molar-refractivity contribution is 7.52. The third kappa shape index (κ3) is 6.91. The van der Waals surface area contributed by atoms with E-state index in [1.54, 1.807) is 30.3 Å². The van der Waals surface area contributed by atoms with Crippen LogP contribution in [0.3, 0.4) is 0 Å². The molecule has 4 rings (SSSR count). The molecule has 0 amide bonds. The molecule has 1 fully saturated rings. The minimum atomic E-state index is -4.48. The zero-order valence-electron chi connectivity index (χ0n) is 20.5. The summed E-state index contributed by atoms with van der Waals surface area (Å²) in [6, 6.07) is 11.8. The van der Waals surface area contributed by atoms with E-state index in [9.17, 15) is 28.0 Å². The van der Waals surface area contributed by atoms with Gasteiger partial charge >= 0.3 is 25.3 Å². The van der Waals surface area contributed by atoms with Crippen LogP contribution in [0.15, 0.2) is 78.1 Å². The fourth-order valence-electron chi connectivity index (χ4n) is 3.60. The van der Waals surface area contributed by atoms with Crippen molar-refractivity contribution in [3.63, 3.8) is 0 Å². The molecule has 0 saturated carbocycles. The van der Waals surface area contributed by atoms with Gasteiger partial charge in [0.1, 0.15) is 24.5 Å². The van der Waals surface area contributed by atoms with Crippen molar-refractivity contribution in [2.75, 3.05) is 6.61 Å². The standard InChI is InChI=1S/C24H25F2N4O8P/c1-16(21(32)35-14-17-7-3-2-4-8-17)29-39(34,38-18-9-5-10-27-13-18)36-15-19-20(31)24(25,26)22(37-19)30-12-6-11-28-23(30)33/h2-13,16,19-20,22,31H,14-15H2,1H3,(H,29,34)/t16?,19-,20-,22-,39?/m1/s1. The molecular weight excluding hydrogens is 541 g/mol. The van der Waals surface area contributed by atoms with Crippen LogP contribution < -0.4 is 15.3 Å². The molecule has 1 aliphatic rings. The fraction of sp³-hybridized carbons (Fsp3) is 0.333. The normalized spacial score (nSPS) is 22.5. The number of hydrogen-bond donors (Lipinski definition) is 2. The number of ether oxygens (including phenoxy) is 2. The topological polar surface area (TPSA) is 151 Å². The maximum atomic E-state index is 14.8. The summed E-state index contributed by atoms with van der Waals surface area (Å²) in [7, 11) is -4.48. The number of carbonyl (C=O) groups is 1. The van der Waals surface area contributed by atoms with Gasteiger partial charge in [0.2, 0.25) is 6.23 Å². The van der Waals surface area contributed by atoms with Crippen molar-refractivity contribution in [2.24, 2.45) is 0 Å². The van der Waals surface area contributed by atoms with Crippen molar-refractivity contribution < 1.29 is 41.8 Å². The maximum absolute atomic E-state index is 14.8. The third-order valence-corrected chi connectivity index (χ3v) is 7.21. The van der Waals surface area contributed by atoms with Gasteiger partial charge in [-0.05, 0) is 30.7 Å². The molecule has 39 heavy (non-hydrogen) atoms. The Hall–Kier alpha value is -3.55. The van der Waals surface area contributed by atoms with Gasteiger partial charge in [-0.25, -0.2) is 14.3 Å². The number of aromatic nitrogens is 3. The Morgan fingerprint density at radius 3 is 2.69 bits per heavy atom. The van der Waals surface area contributed by atoms with Crippen LogP contribution in [0.2, 0.25) is 0 Å². The number of alkyl halides is 2. The number of halogens is 2. The van der Waals surface area contributed by atoms with Gasteiger partial charge in [0.05, 0.1) is 12.8 Å². The Bertz CT molecular complexity index is 1360. The molecule has 12 nitrogen and oxygen atoms in total. The molecule has 2 aromatic heterocycles. The summed E-state index contributed by atoms with van der Waals surface area (Å²) in [5.74, 6) is -4.73. The van der Waals surface area contributed by atoms with Crippen LogP contribution in [0.1, 0.15) is 18.7 Å². The van der Waals surface area contributed by atoms with E-state index in [-0.39, 0.29) is 12.4 Å². The molecule has 0 bridgehead atoms. The first-order valence-corrected chi connectivity index (χ1v) is 13.2. The average molecular weight is 566 g/mol. The van der Waals surface area contributed by atoms with E-state index in [0.29, 0.717) is 4.57 Å². The lowest BCUT2D eigenvalue weighted by molar-refractivity contribution is -0.146.